The number of likely N-dealkylation sites (tertiary alicyclic amines) is 1. The lowest BCUT2D eigenvalue weighted by Gasteiger charge is -2.42. The van der Waals surface area contributed by atoms with Crippen molar-refractivity contribution < 1.29 is 9.47 Å². The van der Waals surface area contributed by atoms with Crippen LogP contribution in [0.4, 0.5) is 0 Å². The lowest BCUT2D eigenvalue weighted by molar-refractivity contribution is -0.0402. The van der Waals surface area contributed by atoms with E-state index in [1.165, 1.54) is 25.8 Å². The van der Waals surface area contributed by atoms with E-state index in [0.717, 1.165) is 39.3 Å². The Balaban J connectivity index is 1.88. The topological polar surface area (TPSA) is 47.7 Å². The molecule has 2 aliphatic rings. The van der Waals surface area contributed by atoms with Gasteiger partial charge in [-0.1, -0.05) is 0 Å². The normalized spacial score (nSPS) is 36.0. The third-order valence-electron chi connectivity index (χ3n) is 4.19. The molecular formula is C13H26N2O2. The maximum Gasteiger partial charge on any atom is 0.0698 e. The van der Waals surface area contributed by atoms with Crippen molar-refractivity contribution in [2.45, 2.75) is 31.8 Å². The molecule has 0 spiro atoms. The molecule has 2 rings (SSSR count). The second-order valence-corrected chi connectivity index (χ2v) is 5.60. The van der Waals surface area contributed by atoms with Crippen molar-refractivity contribution in [2.75, 3.05) is 46.5 Å². The van der Waals surface area contributed by atoms with Gasteiger partial charge in [-0.15, -0.1) is 0 Å². The van der Waals surface area contributed by atoms with Gasteiger partial charge in [-0.25, -0.2) is 0 Å². The smallest absolute Gasteiger partial charge is 0.0698 e. The van der Waals surface area contributed by atoms with Crippen LogP contribution in [0.1, 0.15) is 25.7 Å². The SMILES string of the molecule is COC1CCCN(CC2(CN)CCCOC2)C1. The van der Waals surface area contributed by atoms with Crippen LogP contribution in [0.5, 0.6) is 0 Å². The average Bonchev–Trinajstić information content (AvgIpc) is 2.40. The summed E-state index contributed by atoms with van der Waals surface area (Å²) in [6.07, 6.45) is 5.19. The van der Waals surface area contributed by atoms with E-state index in [0.29, 0.717) is 6.10 Å². The molecule has 0 radical (unpaired) electrons. The fourth-order valence-electron chi connectivity index (χ4n) is 3.08. The van der Waals surface area contributed by atoms with Crippen LogP contribution in [0.25, 0.3) is 0 Å². The lowest BCUT2D eigenvalue weighted by Crippen LogP contribution is -2.51. The van der Waals surface area contributed by atoms with E-state index in [2.05, 4.69) is 4.90 Å². The Kier molecular flexibility index (Phi) is 4.79. The number of hydrogen-bond acceptors (Lipinski definition) is 4. The minimum atomic E-state index is 0.188. The highest BCUT2D eigenvalue weighted by Crippen LogP contribution is 2.29. The van der Waals surface area contributed by atoms with Crippen LogP contribution in [-0.2, 0) is 9.47 Å². The van der Waals surface area contributed by atoms with Crippen LogP contribution in [0, 0.1) is 5.41 Å². The first-order valence-electron chi connectivity index (χ1n) is 6.81. The molecule has 2 saturated heterocycles. The second-order valence-electron chi connectivity index (χ2n) is 5.60. The van der Waals surface area contributed by atoms with Gasteiger partial charge in [0.25, 0.3) is 0 Å². The zero-order valence-corrected chi connectivity index (χ0v) is 11.0. The first-order chi connectivity index (χ1) is 8.28. The maximum atomic E-state index is 5.98. The van der Waals surface area contributed by atoms with Crippen LogP contribution < -0.4 is 5.73 Å². The number of nitrogens with zero attached hydrogens (tertiary/aromatic N) is 1. The molecule has 4 heteroatoms. The predicted octanol–water partition coefficient (Wildman–Crippen LogP) is 0.853. The zero-order chi connectivity index (χ0) is 12.1. The quantitative estimate of drug-likeness (QED) is 0.794. The van der Waals surface area contributed by atoms with Gasteiger partial charge in [-0.3, -0.25) is 0 Å². The highest BCUT2D eigenvalue weighted by molar-refractivity contribution is 4.88. The number of piperidine rings is 1. The standard InChI is InChI=1S/C13H26N2O2/c1-16-12-4-2-6-15(8-12)10-13(9-14)5-3-7-17-11-13/h12H,2-11,14H2,1H3. The molecule has 0 aromatic rings. The van der Waals surface area contributed by atoms with Crippen molar-refractivity contribution in [3.8, 4) is 0 Å². The Hall–Kier alpha value is -0.160. The van der Waals surface area contributed by atoms with Gasteiger partial charge in [0.05, 0.1) is 12.7 Å². The molecule has 0 aliphatic carbocycles. The van der Waals surface area contributed by atoms with E-state index in [4.69, 9.17) is 15.2 Å². The summed E-state index contributed by atoms with van der Waals surface area (Å²) >= 11 is 0. The lowest BCUT2D eigenvalue weighted by atomic mass is 9.81. The summed E-state index contributed by atoms with van der Waals surface area (Å²) in [5, 5.41) is 0. The summed E-state index contributed by atoms with van der Waals surface area (Å²) in [7, 11) is 1.82. The largest absolute Gasteiger partial charge is 0.381 e. The molecule has 2 N–H and O–H groups in total. The van der Waals surface area contributed by atoms with E-state index < -0.39 is 0 Å². The van der Waals surface area contributed by atoms with Crippen LogP contribution >= 0.6 is 0 Å². The average molecular weight is 242 g/mol. The monoisotopic (exact) mass is 242 g/mol. The van der Waals surface area contributed by atoms with Crippen molar-refractivity contribution in [2.24, 2.45) is 11.1 Å². The molecule has 2 atom stereocenters. The number of ether oxygens (including phenoxy) is 2. The van der Waals surface area contributed by atoms with E-state index in [1.807, 2.05) is 7.11 Å². The fourth-order valence-corrected chi connectivity index (χ4v) is 3.08. The van der Waals surface area contributed by atoms with Gasteiger partial charge in [0.15, 0.2) is 0 Å². The molecule has 0 saturated carbocycles. The number of hydrogen-bond donors (Lipinski definition) is 1. The van der Waals surface area contributed by atoms with E-state index in [1.54, 1.807) is 0 Å². The Morgan fingerprint density at radius 2 is 2.35 bits per heavy atom. The summed E-state index contributed by atoms with van der Waals surface area (Å²) in [5.74, 6) is 0. The summed E-state index contributed by atoms with van der Waals surface area (Å²) in [5.41, 5.74) is 6.17. The molecule has 2 heterocycles. The van der Waals surface area contributed by atoms with Gasteiger partial charge < -0.3 is 20.1 Å². The fraction of sp³-hybridized carbons (Fsp3) is 1.00. The molecule has 2 fully saturated rings. The molecule has 17 heavy (non-hydrogen) atoms. The molecular weight excluding hydrogens is 216 g/mol. The number of nitrogens with two attached hydrogens (primary N) is 1. The van der Waals surface area contributed by atoms with Gasteiger partial charge in [-0.2, -0.15) is 0 Å². The molecule has 0 aromatic heterocycles. The third kappa shape index (κ3) is 3.41. The van der Waals surface area contributed by atoms with Crippen LogP contribution in [0.3, 0.4) is 0 Å². The second kappa shape index (κ2) is 6.14. The summed E-state index contributed by atoms with van der Waals surface area (Å²) in [4.78, 5) is 2.51. The Labute approximate surface area is 104 Å². The Morgan fingerprint density at radius 3 is 3.00 bits per heavy atom. The molecule has 0 amide bonds. The van der Waals surface area contributed by atoms with Crippen molar-refractivity contribution in [3.05, 3.63) is 0 Å². The van der Waals surface area contributed by atoms with Crippen molar-refractivity contribution in [1.29, 1.82) is 0 Å². The van der Waals surface area contributed by atoms with E-state index in [9.17, 15) is 0 Å². The van der Waals surface area contributed by atoms with Gasteiger partial charge in [0.2, 0.25) is 0 Å². The highest BCUT2D eigenvalue weighted by atomic mass is 16.5. The van der Waals surface area contributed by atoms with E-state index >= 15 is 0 Å². The van der Waals surface area contributed by atoms with Crippen LogP contribution in [-0.4, -0.2) is 57.5 Å². The van der Waals surface area contributed by atoms with Crippen LogP contribution in [0.2, 0.25) is 0 Å². The molecule has 0 aromatic carbocycles. The molecule has 4 nitrogen and oxygen atoms in total. The van der Waals surface area contributed by atoms with Crippen molar-refractivity contribution in [3.63, 3.8) is 0 Å². The van der Waals surface area contributed by atoms with Crippen LogP contribution in [0.15, 0.2) is 0 Å². The first-order valence-corrected chi connectivity index (χ1v) is 6.81. The van der Waals surface area contributed by atoms with Gasteiger partial charge in [-0.05, 0) is 32.2 Å². The maximum absolute atomic E-state index is 5.98. The van der Waals surface area contributed by atoms with Gasteiger partial charge >= 0.3 is 0 Å². The summed E-state index contributed by atoms with van der Waals surface area (Å²) in [6, 6.07) is 0. The summed E-state index contributed by atoms with van der Waals surface area (Å²) in [6.45, 7) is 5.78. The molecule has 0 bridgehead atoms. The van der Waals surface area contributed by atoms with Gasteiger partial charge in [0.1, 0.15) is 0 Å². The summed E-state index contributed by atoms with van der Waals surface area (Å²) < 4.78 is 11.1. The zero-order valence-electron chi connectivity index (χ0n) is 11.0. The predicted molar refractivity (Wildman–Crippen MR) is 68.0 cm³/mol. The first kappa shape index (κ1) is 13.3. The number of methoxy groups -OCH3 is 1. The highest BCUT2D eigenvalue weighted by Gasteiger charge is 2.34. The minimum absolute atomic E-state index is 0.188. The van der Waals surface area contributed by atoms with E-state index in [-0.39, 0.29) is 5.41 Å². The van der Waals surface area contributed by atoms with Crippen molar-refractivity contribution in [1.82, 2.24) is 4.90 Å². The minimum Gasteiger partial charge on any atom is -0.381 e. The molecule has 2 unspecified atom stereocenters. The van der Waals surface area contributed by atoms with Gasteiger partial charge in [0, 0.05) is 38.8 Å². The Bertz CT molecular complexity index is 229. The third-order valence-corrected chi connectivity index (χ3v) is 4.19. The molecule has 100 valence electrons. The van der Waals surface area contributed by atoms with Crippen molar-refractivity contribution >= 4 is 0 Å². The molecule has 2 aliphatic heterocycles. The number of rotatable bonds is 4. The Morgan fingerprint density at radius 1 is 1.47 bits per heavy atom.